The predicted molar refractivity (Wildman–Crippen MR) is 77.3 cm³/mol. The van der Waals surface area contributed by atoms with Gasteiger partial charge in [-0.05, 0) is 31.0 Å². The van der Waals surface area contributed by atoms with Gasteiger partial charge in [-0.15, -0.1) is 0 Å². The SMILES string of the molecule is CCC(NCc1cn[nH]c1C)c1cccc(Br)c1. The standard InChI is InChI=1S/C14H18BrN3/c1-3-14(11-5-4-6-13(15)7-11)16-8-12-9-17-18-10(12)2/h4-7,9,14,16H,3,8H2,1-2H3,(H,17,18). The highest BCUT2D eigenvalue weighted by Gasteiger charge is 2.10. The fourth-order valence-corrected chi connectivity index (χ4v) is 2.43. The average molecular weight is 308 g/mol. The van der Waals surface area contributed by atoms with Crippen molar-refractivity contribution in [3.63, 3.8) is 0 Å². The number of hydrogen-bond acceptors (Lipinski definition) is 2. The molecule has 0 bridgehead atoms. The molecule has 0 spiro atoms. The number of aromatic amines is 1. The van der Waals surface area contributed by atoms with E-state index in [1.165, 1.54) is 11.1 Å². The number of benzene rings is 1. The number of rotatable bonds is 5. The van der Waals surface area contributed by atoms with Gasteiger partial charge in [0.15, 0.2) is 0 Å². The number of aromatic nitrogens is 2. The monoisotopic (exact) mass is 307 g/mol. The Balaban J connectivity index is 2.04. The summed E-state index contributed by atoms with van der Waals surface area (Å²) < 4.78 is 1.12. The first kappa shape index (κ1) is 13.3. The van der Waals surface area contributed by atoms with E-state index in [1.807, 2.05) is 13.1 Å². The molecule has 0 saturated heterocycles. The lowest BCUT2D eigenvalue weighted by Crippen LogP contribution is -2.20. The van der Waals surface area contributed by atoms with Crippen molar-refractivity contribution >= 4 is 15.9 Å². The fraction of sp³-hybridized carbons (Fsp3) is 0.357. The van der Waals surface area contributed by atoms with Crippen LogP contribution >= 0.6 is 15.9 Å². The van der Waals surface area contributed by atoms with Gasteiger partial charge in [0.2, 0.25) is 0 Å². The molecular formula is C14H18BrN3. The molecule has 0 aliphatic carbocycles. The average Bonchev–Trinajstić information content (AvgIpc) is 2.76. The Morgan fingerprint density at radius 1 is 1.44 bits per heavy atom. The molecule has 3 nitrogen and oxygen atoms in total. The van der Waals surface area contributed by atoms with Crippen molar-refractivity contribution in [1.82, 2.24) is 15.5 Å². The lowest BCUT2D eigenvalue weighted by atomic mass is 10.0. The van der Waals surface area contributed by atoms with Gasteiger partial charge in [0.25, 0.3) is 0 Å². The lowest BCUT2D eigenvalue weighted by Gasteiger charge is -2.17. The molecule has 2 aromatic rings. The molecule has 0 saturated carbocycles. The Kier molecular flexibility index (Phi) is 4.55. The molecule has 18 heavy (non-hydrogen) atoms. The molecule has 0 amide bonds. The maximum atomic E-state index is 4.04. The van der Waals surface area contributed by atoms with Gasteiger partial charge in [-0.3, -0.25) is 5.10 Å². The number of hydrogen-bond donors (Lipinski definition) is 2. The number of H-pyrrole nitrogens is 1. The summed E-state index contributed by atoms with van der Waals surface area (Å²) in [5.41, 5.74) is 3.67. The van der Waals surface area contributed by atoms with Crippen LogP contribution in [0.4, 0.5) is 0 Å². The quantitative estimate of drug-likeness (QED) is 0.884. The smallest absolute Gasteiger partial charge is 0.0535 e. The van der Waals surface area contributed by atoms with Crippen molar-refractivity contribution in [3.05, 3.63) is 51.8 Å². The minimum Gasteiger partial charge on any atom is -0.306 e. The third kappa shape index (κ3) is 3.21. The zero-order chi connectivity index (χ0) is 13.0. The van der Waals surface area contributed by atoms with E-state index >= 15 is 0 Å². The van der Waals surface area contributed by atoms with E-state index in [1.54, 1.807) is 0 Å². The molecule has 96 valence electrons. The summed E-state index contributed by atoms with van der Waals surface area (Å²) in [7, 11) is 0. The van der Waals surface area contributed by atoms with Gasteiger partial charge in [-0.1, -0.05) is 35.0 Å². The van der Waals surface area contributed by atoms with Crippen molar-refractivity contribution in [2.45, 2.75) is 32.9 Å². The molecule has 1 aromatic carbocycles. The first-order valence-corrected chi connectivity index (χ1v) is 6.97. The van der Waals surface area contributed by atoms with Crippen molar-refractivity contribution < 1.29 is 0 Å². The highest BCUT2D eigenvalue weighted by atomic mass is 79.9. The van der Waals surface area contributed by atoms with Crippen LogP contribution in [0.25, 0.3) is 0 Å². The summed E-state index contributed by atoms with van der Waals surface area (Å²) in [6.45, 7) is 5.08. The maximum Gasteiger partial charge on any atom is 0.0535 e. The molecule has 1 unspecified atom stereocenters. The number of aryl methyl sites for hydroxylation is 1. The van der Waals surface area contributed by atoms with Gasteiger partial charge in [0.05, 0.1) is 6.20 Å². The van der Waals surface area contributed by atoms with E-state index in [0.717, 1.165) is 23.1 Å². The van der Waals surface area contributed by atoms with Crippen LogP contribution in [0, 0.1) is 6.92 Å². The summed E-state index contributed by atoms with van der Waals surface area (Å²) >= 11 is 3.52. The second kappa shape index (κ2) is 6.16. The minimum absolute atomic E-state index is 0.372. The van der Waals surface area contributed by atoms with Crippen LogP contribution in [0.3, 0.4) is 0 Å². The van der Waals surface area contributed by atoms with Crippen molar-refractivity contribution in [2.75, 3.05) is 0 Å². The van der Waals surface area contributed by atoms with E-state index in [-0.39, 0.29) is 0 Å². The van der Waals surface area contributed by atoms with Crippen LogP contribution in [0.15, 0.2) is 34.9 Å². The molecule has 1 heterocycles. The topological polar surface area (TPSA) is 40.7 Å². The Labute approximate surface area is 116 Å². The molecule has 1 atom stereocenters. The molecule has 0 aliphatic rings. The van der Waals surface area contributed by atoms with Crippen LogP contribution in [0.2, 0.25) is 0 Å². The van der Waals surface area contributed by atoms with Crippen LogP contribution in [-0.2, 0) is 6.54 Å². The molecule has 2 N–H and O–H groups in total. The van der Waals surface area contributed by atoms with Crippen LogP contribution in [0.5, 0.6) is 0 Å². The van der Waals surface area contributed by atoms with Gasteiger partial charge >= 0.3 is 0 Å². The van der Waals surface area contributed by atoms with Gasteiger partial charge < -0.3 is 5.32 Å². The molecule has 0 aliphatic heterocycles. The normalized spacial score (nSPS) is 12.6. The maximum absolute atomic E-state index is 4.04. The zero-order valence-corrected chi connectivity index (χ0v) is 12.3. The summed E-state index contributed by atoms with van der Waals surface area (Å²) in [4.78, 5) is 0. The first-order chi connectivity index (χ1) is 8.70. The molecule has 4 heteroatoms. The third-order valence-corrected chi connectivity index (χ3v) is 3.63. The van der Waals surface area contributed by atoms with E-state index in [2.05, 4.69) is 62.6 Å². The number of nitrogens with one attached hydrogen (secondary N) is 2. The van der Waals surface area contributed by atoms with Crippen molar-refractivity contribution in [3.8, 4) is 0 Å². The highest BCUT2D eigenvalue weighted by molar-refractivity contribution is 9.10. The van der Waals surface area contributed by atoms with E-state index in [4.69, 9.17) is 0 Å². The number of nitrogens with zero attached hydrogens (tertiary/aromatic N) is 1. The third-order valence-electron chi connectivity index (χ3n) is 3.13. The predicted octanol–water partition coefficient (Wildman–Crippen LogP) is 3.72. The van der Waals surface area contributed by atoms with E-state index in [0.29, 0.717) is 6.04 Å². The van der Waals surface area contributed by atoms with Crippen LogP contribution < -0.4 is 5.32 Å². The Morgan fingerprint density at radius 3 is 2.89 bits per heavy atom. The molecule has 2 rings (SSSR count). The Hall–Kier alpha value is -1.13. The fourth-order valence-electron chi connectivity index (χ4n) is 2.01. The van der Waals surface area contributed by atoms with Gasteiger partial charge in [0, 0.05) is 28.3 Å². The van der Waals surface area contributed by atoms with Crippen molar-refractivity contribution in [1.29, 1.82) is 0 Å². The molecule has 0 fully saturated rings. The largest absolute Gasteiger partial charge is 0.306 e. The van der Waals surface area contributed by atoms with Gasteiger partial charge in [0.1, 0.15) is 0 Å². The van der Waals surface area contributed by atoms with Gasteiger partial charge in [-0.2, -0.15) is 5.10 Å². The minimum atomic E-state index is 0.372. The molecule has 0 radical (unpaired) electrons. The number of halogens is 1. The summed E-state index contributed by atoms with van der Waals surface area (Å²) in [5.74, 6) is 0. The van der Waals surface area contributed by atoms with Crippen LogP contribution in [-0.4, -0.2) is 10.2 Å². The molecular weight excluding hydrogens is 290 g/mol. The first-order valence-electron chi connectivity index (χ1n) is 6.18. The van der Waals surface area contributed by atoms with E-state index in [9.17, 15) is 0 Å². The second-order valence-corrected chi connectivity index (χ2v) is 5.33. The highest BCUT2D eigenvalue weighted by Crippen LogP contribution is 2.21. The van der Waals surface area contributed by atoms with Crippen molar-refractivity contribution in [2.24, 2.45) is 0 Å². The lowest BCUT2D eigenvalue weighted by molar-refractivity contribution is 0.518. The summed E-state index contributed by atoms with van der Waals surface area (Å²) in [5, 5.41) is 10.6. The zero-order valence-electron chi connectivity index (χ0n) is 10.7. The van der Waals surface area contributed by atoms with Gasteiger partial charge in [-0.25, -0.2) is 0 Å². The molecule has 1 aromatic heterocycles. The van der Waals surface area contributed by atoms with Crippen LogP contribution in [0.1, 0.15) is 36.2 Å². The van der Waals surface area contributed by atoms with E-state index < -0.39 is 0 Å². The second-order valence-electron chi connectivity index (χ2n) is 4.42. The Morgan fingerprint density at radius 2 is 2.28 bits per heavy atom. The summed E-state index contributed by atoms with van der Waals surface area (Å²) in [6.07, 6.45) is 2.95. The Bertz CT molecular complexity index is 507. The summed E-state index contributed by atoms with van der Waals surface area (Å²) in [6, 6.07) is 8.83.